The summed E-state index contributed by atoms with van der Waals surface area (Å²) < 4.78 is 13.8. The van der Waals surface area contributed by atoms with E-state index in [2.05, 4.69) is 22.8 Å². The van der Waals surface area contributed by atoms with E-state index in [0.29, 0.717) is 24.3 Å². The van der Waals surface area contributed by atoms with E-state index in [9.17, 15) is 14.0 Å². The average molecular weight is 419 g/mol. The van der Waals surface area contributed by atoms with Gasteiger partial charge in [0.2, 0.25) is 11.8 Å². The molecule has 148 valence electrons. The van der Waals surface area contributed by atoms with Crippen molar-refractivity contribution in [2.45, 2.75) is 29.0 Å². The number of hydrogen-bond acceptors (Lipinski definition) is 4. The summed E-state index contributed by atoms with van der Waals surface area (Å²) in [5.41, 5.74) is 0.522. The molecule has 28 heavy (non-hydrogen) atoms. The van der Waals surface area contributed by atoms with Gasteiger partial charge in [-0.2, -0.15) is 0 Å². The number of amides is 2. The second-order valence-corrected chi connectivity index (χ2v) is 8.89. The largest absolute Gasteiger partial charge is 0.354 e. The number of benzene rings is 2. The predicted molar refractivity (Wildman–Crippen MR) is 113 cm³/mol. The summed E-state index contributed by atoms with van der Waals surface area (Å²) in [5, 5.41) is 5.29. The van der Waals surface area contributed by atoms with Crippen molar-refractivity contribution < 1.29 is 14.0 Å². The molecule has 1 fully saturated rings. The van der Waals surface area contributed by atoms with E-state index in [4.69, 9.17) is 0 Å². The topological polar surface area (TPSA) is 58.2 Å². The van der Waals surface area contributed by atoms with Crippen molar-refractivity contribution in [3.63, 3.8) is 0 Å². The SMILES string of the molecule is O=C(NCCCSc1ccccc1)[C@@H]1CS[C@@H](Cc2ccccc2F)C(=O)N1. The van der Waals surface area contributed by atoms with Crippen LogP contribution in [0.25, 0.3) is 0 Å². The summed E-state index contributed by atoms with van der Waals surface area (Å²) >= 11 is 3.16. The third-order valence-corrected chi connectivity index (χ3v) is 6.79. The van der Waals surface area contributed by atoms with Crippen molar-refractivity contribution in [3.05, 3.63) is 66.0 Å². The van der Waals surface area contributed by atoms with E-state index >= 15 is 0 Å². The Kier molecular flexibility index (Phi) is 7.80. The van der Waals surface area contributed by atoms with Crippen LogP contribution in [-0.4, -0.2) is 41.2 Å². The van der Waals surface area contributed by atoms with Gasteiger partial charge in [0.15, 0.2) is 0 Å². The van der Waals surface area contributed by atoms with Crippen molar-refractivity contribution in [1.29, 1.82) is 0 Å². The monoisotopic (exact) mass is 418 g/mol. The summed E-state index contributed by atoms with van der Waals surface area (Å²) in [7, 11) is 0. The van der Waals surface area contributed by atoms with Crippen molar-refractivity contribution in [3.8, 4) is 0 Å². The molecule has 0 aliphatic carbocycles. The van der Waals surface area contributed by atoms with Gasteiger partial charge in [-0.1, -0.05) is 36.4 Å². The van der Waals surface area contributed by atoms with E-state index in [-0.39, 0.29) is 22.9 Å². The molecular weight excluding hydrogens is 395 g/mol. The zero-order valence-corrected chi connectivity index (χ0v) is 17.0. The Balaban J connectivity index is 1.37. The van der Waals surface area contributed by atoms with Crippen LogP contribution in [0.5, 0.6) is 0 Å². The maximum Gasteiger partial charge on any atom is 0.243 e. The molecule has 1 aliphatic heterocycles. The third-order valence-electron chi connectivity index (χ3n) is 4.38. The van der Waals surface area contributed by atoms with Crippen LogP contribution < -0.4 is 10.6 Å². The molecule has 0 bridgehead atoms. The molecule has 1 saturated heterocycles. The minimum atomic E-state index is -0.531. The fraction of sp³-hybridized carbons (Fsp3) is 0.333. The van der Waals surface area contributed by atoms with E-state index in [0.717, 1.165) is 12.2 Å². The lowest BCUT2D eigenvalue weighted by Gasteiger charge is -2.28. The summed E-state index contributed by atoms with van der Waals surface area (Å²) in [4.78, 5) is 25.8. The molecule has 2 aromatic carbocycles. The van der Waals surface area contributed by atoms with Crippen LogP contribution in [0.3, 0.4) is 0 Å². The van der Waals surface area contributed by atoms with Gasteiger partial charge in [0.05, 0.1) is 5.25 Å². The van der Waals surface area contributed by atoms with Crippen LogP contribution in [0.1, 0.15) is 12.0 Å². The van der Waals surface area contributed by atoms with Gasteiger partial charge in [-0.25, -0.2) is 4.39 Å². The molecule has 2 atom stereocenters. The summed E-state index contributed by atoms with van der Waals surface area (Å²) in [6.07, 6.45) is 1.18. The van der Waals surface area contributed by atoms with Gasteiger partial charge in [-0.3, -0.25) is 9.59 Å². The Morgan fingerprint density at radius 2 is 1.93 bits per heavy atom. The molecule has 0 spiro atoms. The van der Waals surface area contributed by atoms with Crippen LogP contribution in [0.15, 0.2) is 59.5 Å². The molecule has 1 aliphatic rings. The molecule has 2 amide bonds. The lowest BCUT2D eigenvalue weighted by molar-refractivity contribution is -0.128. The highest BCUT2D eigenvalue weighted by Crippen LogP contribution is 2.23. The van der Waals surface area contributed by atoms with E-state index < -0.39 is 6.04 Å². The molecule has 1 heterocycles. The molecule has 0 aromatic heterocycles. The van der Waals surface area contributed by atoms with Crippen molar-refractivity contribution >= 4 is 35.3 Å². The molecule has 2 aromatic rings. The van der Waals surface area contributed by atoms with Gasteiger partial charge in [-0.15, -0.1) is 23.5 Å². The van der Waals surface area contributed by atoms with Gasteiger partial charge in [-0.05, 0) is 42.4 Å². The van der Waals surface area contributed by atoms with Crippen molar-refractivity contribution in [1.82, 2.24) is 10.6 Å². The smallest absolute Gasteiger partial charge is 0.243 e. The molecule has 0 unspecified atom stereocenters. The normalized spacial score (nSPS) is 19.1. The number of halogens is 1. The first-order chi connectivity index (χ1) is 13.6. The lowest BCUT2D eigenvalue weighted by Crippen LogP contribution is -2.54. The van der Waals surface area contributed by atoms with E-state index in [1.807, 2.05) is 18.2 Å². The minimum Gasteiger partial charge on any atom is -0.354 e. The Labute approximate surface area is 173 Å². The van der Waals surface area contributed by atoms with Gasteiger partial charge in [0.25, 0.3) is 0 Å². The van der Waals surface area contributed by atoms with Crippen LogP contribution in [0.2, 0.25) is 0 Å². The summed E-state index contributed by atoms with van der Waals surface area (Å²) in [6.45, 7) is 0.578. The van der Waals surface area contributed by atoms with Gasteiger partial charge >= 0.3 is 0 Å². The number of rotatable bonds is 8. The highest BCUT2D eigenvalue weighted by atomic mass is 32.2. The first-order valence-corrected chi connectivity index (χ1v) is 11.3. The molecule has 3 rings (SSSR count). The predicted octanol–water partition coefficient (Wildman–Crippen LogP) is 3.27. The first kappa shape index (κ1) is 20.7. The highest BCUT2D eigenvalue weighted by molar-refractivity contribution is 8.00. The summed E-state index contributed by atoms with van der Waals surface area (Å²) in [5.74, 6) is 0.745. The zero-order valence-electron chi connectivity index (χ0n) is 15.4. The van der Waals surface area contributed by atoms with E-state index in [1.165, 1.54) is 22.7 Å². The maximum atomic E-state index is 13.8. The Hall–Kier alpha value is -1.99. The fourth-order valence-corrected chi connectivity index (χ4v) is 4.91. The van der Waals surface area contributed by atoms with E-state index in [1.54, 1.807) is 30.0 Å². The quantitative estimate of drug-likeness (QED) is 0.510. The number of carbonyl (C=O) groups is 2. The molecule has 4 nitrogen and oxygen atoms in total. The van der Waals surface area contributed by atoms with Gasteiger partial charge in [0, 0.05) is 17.2 Å². The molecule has 0 saturated carbocycles. The minimum absolute atomic E-state index is 0.157. The zero-order chi connectivity index (χ0) is 19.8. The molecule has 7 heteroatoms. The Bertz CT molecular complexity index is 804. The van der Waals surface area contributed by atoms with Crippen LogP contribution >= 0.6 is 23.5 Å². The fourth-order valence-electron chi connectivity index (χ4n) is 2.86. The third kappa shape index (κ3) is 6.01. The second kappa shape index (κ2) is 10.5. The maximum absolute atomic E-state index is 13.8. The van der Waals surface area contributed by atoms with Gasteiger partial charge < -0.3 is 10.6 Å². The van der Waals surface area contributed by atoms with Crippen molar-refractivity contribution in [2.24, 2.45) is 0 Å². The molecule has 2 N–H and O–H groups in total. The highest BCUT2D eigenvalue weighted by Gasteiger charge is 2.32. The van der Waals surface area contributed by atoms with Gasteiger partial charge in [0.1, 0.15) is 11.9 Å². The average Bonchev–Trinajstić information content (AvgIpc) is 2.71. The Morgan fingerprint density at radius 1 is 1.18 bits per heavy atom. The first-order valence-electron chi connectivity index (χ1n) is 9.24. The standard InChI is InChI=1S/C21H23FN2O2S2/c22-17-10-5-4-7-15(17)13-19-21(26)24-18(14-28-19)20(25)23-11-6-12-27-16-8-2-1-3-9-16/h1-5,7-10,18-19H,6,11-14H2,(H,23,25)(H,24,26)/t18-,19-/m0/s1. The lowest BCUT2D eigenvalue weighted by atomic mass is 10.1. The second-order valence-electron chi connectivity index (χ2n) is 6.48. The van der Waals surface area contributed by atoms with Crippen LogP contribution in [0.4, 0.5) is 4.39 Å². The summed E-state index contributed by atoms with van der Waals surface area (Å²) in [6, 6.07) is 16.1. The van der Waals surface area contributed by atoms with Crippen LogP contribution in [0, 0.1) is 5.82 Å². The number of hydrogen-bond donors (Lipinski definition) is 2. The van der Waals surface area contributed by atoms with Crippen LogP contribution in [-0.2, 0) is 16.0 Å². The number of nitrogens with one attached hydrogen (secondary N) is 2. The molecular formula is C21H23FN2O2S2. The Morgan fingerprint density at radius 3 is 2.68 bits per heavy atom. The number of thioether (sulfide) groups is 2. The number of carbonyl (C=O) groups excluding carboxylic acids is 2. The van der Waals surface area contributed by atoms with Crippen molar-refractivity contribution in [2.75, 3.05) is 18.1 Å². The molecule has 0 radical (unpaired) electrons.